The summed E-state index contributed by atoms with van der Waals surface area (Å²) in [6.45, 7) is 0. The zero-order valence-electron chi connectivity index (χ0n) is 9.03. The van der Waals surface area contributed by atoms with Crippen molar-refractivity contribution in [3.8, 4) is 0 Å². The van der Waals surface area contributed by atoms with Crippen LogP contribution in [0.1, 0.15) is 0 Å². The van der Waals surface area contributed by atoms with Crippen LogP contribution in [0.2, 0.25) is 0 Å². The Kier molecular flexibility index (Phi) is 16.5. The molecule has 0 radical (unpaired) electrons. The highest BCUT2D eigenvalue weighted by Gasteiger charge is 2.15. The van der Waals surface area contributed by atoms with Crippen molar-refractivity contribution in [3.05, 3.63) is 0 Å². The van der Waals surface area contributed by atoms with Gasteiger partial charge in [0.15, 0.2) is 0 Å². The molecule has 104 valence electrons. The average molecular weight is 327 g/mol. The van der Waals surface area contributed by atoms with Crippen LogP contribution in [0.15, 0.2) is 0 Å². The third-order valence-electron chi connectivity index (χ3n) is 1.40. The Morgan fingerprint density at radius 3 is 1.94 bits per heavy atom. The van der Waals surface area contributed by atoms with E-state index in [1.54, 1.807) is 0 Å². The fourth-order valence-corrected chi connectivity index (χ4v) is 2.75. The molecule has 0 amide bonds. The predicted octanol–water partition coefficient (Wildman–Crippen LogP) is 0.124. The standard InChI is InChI=1S/C7H14N2O4S2.2ClH/c1-13-7(12)5(9)3-15-14-2-4(8)6(10)11;;/h4-5H,2-3,8-9H2,1H3,(H,10,11);2*1H. The Morgan fingerprint density at radius 2 is 1.59 bits per heavy atom. The van der Waals surface area contributed by atoms with E-state index in [9.17, 15) is 9.59 Å². The minimum Gasteiger partial charge on any atom is -0.480 e. The summed E-state index contributed by atoms with van der Waals surface area (Å²) in [5.74, 6) is -0.886. The molecule has 2 atom stereocenters. The second-order valence-electron chi connectivity index (χ2n) is 2.64. The lowest BCUT2D eigenvalue weighted by Gasteiger charge is -2.09. The van der Waals surface area contributed by atoms with Crippen molar-refractivity contribution in [2.24, 2.45) is 11.5 Å². The van der Waals surface area contributed by atoms with Crippen molar-refractivity contribution in [3.63, 3.8) is 0 Å². The number of methoxy groups -OCH3 is 1. The second-order valence-corrected chi connectivity index (χ2v) is 5.20. The van der Waals surface area contributed by atoms with E-state index in [1.807, 2.05) is 0 Å². The van der Waals surface area contributed by atoms with Gasteiger partial charge >= 0.3 is 11.9 Å². The number of aliphatic carboxylic acids is 1. The van der Waals surface area contributed by atoms with Crippen molar-refractivity contribution in [2.45, 2.75) is 12.1 Å². The molecular formula is C7H16Cl2N2O4S2. The highest BCUT2D eigenvalue weighted by molar-refractivity contribution is 8.76. The van der Waals surface area contributed by atoms with Crippen molar-refractivity contribution >= 4 is 58.3 Å². The number of carboxylic acids is 1. The smallest absolute Gasteiger partial charge is 0.323 e. The number of carboxylic acid groups (broad SMARTS) is 1. The molecule has 0 aliphatic heterocycles. The van der Waals surface area contributed by atoms with Gasteiger partial charge in [-0.15, -0.1) is 24.8 Å². The summed E-state index contributed by atoms with van der Waals surface area (Å²) in [6, 6.07) is -1.58. The van der Waals surface area contributed by atoms with Crippen LogP contribution in [0.5, 0.6) is 0 Å². The van der Waals surface area contributed by atoms with Gasteiger partial charge in [0.25, 0.3) is 0 Å². The van der Waals surface area contributed by atoms with Gasteiger partial charge in [-0.3, -0.25) is 9.59 Å². The van der Waals surface area contributed by atoms with Crippen LogP contribution >= 0.6 is 46.4 Å². The lowest BCUT2D eigenvalue weighted by atomic mass is 10.4. The molecule has 17 heavy (non-hydrogen) atoms. The van der Waals surface area contributed by atoms with E-state index in [0.717, 1.165) is 0 Å². The van der Waals surface area contributed by atoms with E-state index in [1.165, 1.54) is 28.7 Å². The first kappa shape index (κ1) is 22.3. The topological polar surface area (TPSA) is 116 Å². The molecule has 0 aromatic rings. The molecule has 0 fully saturated rings. The van der Waals surface area contributed by atoms with Crippen molar-refractivity contribution in [1.29, 1.82) is 0 Å². The Labute approximate surface area is 120 Å². The molecule has 0 aliphatic carbocycles. The van der Waals surface area contributed by atoms with E-state index in [-0.39, 0.29) is 30.6 Å². The summed E-state index contributed by atoms with van der Waals surface area (Å²) < 4.78 is 4.42. The number of carbonyl (C=O) groups is 2. The van der Waals surface area contributed by atoms with Gasteiger partial charge in [0.2, 0.25) is 0 Å². The fraction of sp³-hybridized carbons (Fsp3) is 0.714. The number of rotatable bonds is 7. The summed E-state index contributed by atoms with van der Waals surface area (Å²) in [5.41, 5.74) is 10.7. The lowest BCUT2D eigenvalue weighted by molar-refractivity contribution is -0.141. The summed E-state index contributed by atoms with van der Waals surface area (Å²) in [5, 5.41) is 8.47. The zero-order valence-corrected chi connectivity index (χ0v) is 12.3. The number of nitrogens with two attached hydrogens (primary N) is 2. The normalized spacial score (nSPS) is 12.6. The van der Waals surface area contributed by atoms with Gasteiger partial charge in [0, 0.05) is 11.5 Å². The highest BCUT2D eigenvalue weighted by atomic mass is 35.5. The number of hydrogen-bond donors (Lipinski definition) is 3. The lowest BCUT2D eigenvalue weighted by Crippen LogP contribution is -2.34. The number of hydrogen-bond acceptors (Lipinski definition) is 7. The highest BCUT2D eigenvalue weighted by Crippen LogP contribution is 2.22. The summed E-state index contributed by atoms with van der Waals surface area (Å²) in [6.07, 6.45) is 0. The van der Waals surface area contributed by atoms with Gasteiger partial charge < -0.3 is 21.3 Å². The maximum Gasteiger partial charge on any atom is 0.323 e. The monoisotopic (exact) mass is 326 g/mol. The number of carbonyl (C=O) groups excluding carboxylic acids is 1. The van der Waals surface area contributed by atoms with E-state index in [4.69, 9.17) is 16.6 Å². The quantitative estimate of drug-likeness (QED) is 0.343. The second kappa shape index (κ2) is 12.6. The van der Waals surface area contributed by atoms with Crippen LogP contribution in [0, 0.1) is 0 Å². The Bertz CT molecular complexity index is 236. The summed E-state index contributed by atoms with van der Waals surface area (Å²) >= 11 is 0. The molecule has 0 aliphatic rings. The molecule has 10 heteroatoms. The summed E-state index contributed by atoms with van der Waals surface area (Å²) in [7, 11) is 3.83. The first-order valence-corrected chi connectivity index (χ1v) is 6.54. The molecule has 6 nitrogen and oxygen atoms in total. The van der Waals surface area contributed by atoms with E-state index >= 15 is 0 Å². The molecule has 0 rings (SSSR count). The molecule has 2 unspecified atom stereocenters. The number of ether oxygens (including phenoxy) is 1. The average Bonchev–Trinajstić information content (AvgIpc) is 2.22. The fourth-order valence-electron chi connectivity index (χ4n) is 0.534. The molecular weight excluding hydrogens is 311 g/mol. The Balaban J connectivity index is -0.000000980. The largest absolute Gasteiger partial charge is 0.480 e. The third kappa shape index (κ3) is 11.0. The molecule has 5 N–H and O–H groups in total. The van der Waals surface area contributed by atoms with Crippen LogP contribution in [0.4, 0.5) is 0 Å². The molecule has 0 bridgehead atoms. The van der Waals surface area contributed by atoms with E-state index in [0.29, 0.717) is 5.75 Å². The van der Waals surface area contributed by atoms with Crippen LogP contribution in [-0.4, -0.2) is 47.7 Å². The van der Waals surface area contributed by atoms with Crippen LogP contribution in [-0.2, 0) is 14.3 Å². The first-order chi connectivity index (χ1) is 6.99. The van der Waals surface area contributed by atoms with Gasteiger partial charge in [0.1, 0.15) is 12.1 Å². The minimum absolute atomic E-state index is 0. The van der Waals surface area contributed by atoms with E-state index in [2.05, 4.69) is 4.74 Å². The zero-order chi connectivity index (χ0) is 11.8. The van der Waals surface area contributed by atoms with Crippen molar-refractivity contribution in [2.75, 3.05) is 18.6 Å². The first-order valence-electron chi connectivity index (χ1n) is 4.05. The molecule has 0 spiro atoms. The van der Waals surface area contributed by atoms with Gasteiger partial charge in [-0.25, -0.2) is 0 Å². The number of halogens is 2. The van der Waals surface area contributed by atoms with Gasteiger partial charge in [-0.1, -0.05) is 21.6 Å². The molecule has 0 aromatic heterocycles. The predicted molar refractivity (Wildman–Crippen MR) is 75.0 cm³/mol. The van der Waals surface area contributed by atoms with Crippen LogP contribution < -0.4 is 11.5 Å². The minimum atomic E-state index is -1.04. The van der Waals surface area contributed by atoms with Crippen LogP contribution in [0.25, 0.3) is 0 Å². The Morgan fingerprint density at radius 1 is 1.18 bits per heavy atom. The number of esters is 1. The molecule has 0 aromatic carbocycles. The third-order valence-corrected chi connectivity index (χ3v) is 3.87. The van der Waals surface area contributed by atoms with E-state index < -0.39 is 24.0 Å². The van der Waals surface area contributed by atoms with Gasteiger partial charge in [0.05, 0.1) is 7.11 Å². The molecule has 0 heterocycles. The molecule has 0 saturated heterocycles. The van der Waals surface area contributed by atoms with Crippen molar-refractivity contribution in [1.82, 2.24) is 0 Å². The maximum absolute atomic E-state index is 10.9. The SMILES string of the molecule is COC(=O)C(N)CSSCC(N)C(=O)O.Cl.Cl. The van der Waals surface area contributed by atoms with Gasteiger partial charge in [-0.05, 0) is 0 Å². The maximum atomic E-state index is 10.9. The molecule has 0 saturated carbocycles. The summed E-state index contributed by atoms with van der Waals surface area (Å²) in [4.78, 5) is 21.2. The Hall–Kier alpha value is 0.140. The van der Waals surface area contributed by atoms with Crippen LogP contribution in [0.3, 0.4) is 0 Å². The van der Waals surface area contributed by atoms with Gasteiger partial charge in [-0.2, -0.15) is 0 Å². The van der Waals surface area contributed by atoms with Crippen molar-refractivity contribution < 1.29 is 19.4 Å².